The molecule has 2 amide bonds. The molecule has 0 aliphatic rings. The molecule has 0 bridgehead atoms. The first kappa shape index (κ1) is 29.3. The van der Waals surface area contributed by atoms with E-state index in [2.05, 4.69) is 15.8 Å². The number of ether oxygens (including phenoxy) is 3. The van der Waals surface area contributed by atoms with Crippen LogP contribution in [0.4, 0.5) is 4.79 Å². The maximum Gasteiger partial charge on any atom is 0.408 e. The lowest BCUT2D eigenvalue weighted by molar-refractivity contribution is -0.124. The predicted octanol–water partition coefficient (Wildman–Crippen LogP) is 5.98. The molecule has 0 saturated carbocycles. The molecule has 1 atom stereocenters. The van der Waals surface area contributed by atoms with Gasteiger partial charge in [0.25, 0.3) is 5.91 Å². The van der Waals surface area contributed by atoms with Gasteiger partial charge in [0.2, 0.25) is 0 Å². The van der Waals surface area contributed by atoms with E-state index in [1.165, 1.54) is 0 Å². The number of fused-ring (bicyclic) bond motifs is 1. The Labute approximate surface area is 240 Å². The van der Waals surface area contributed by atoms with E-state index in [9.17, 15) is 9.59 Å². The highest BCUT2D eigenvalue weighted by Gasteiger charge is 2.24. The van der Waals surface area contributed by atoms with Crippen LogP contribution in [-0.2, 0) is 27.5 Å². The van der Waals surface area contributed by atoms with E-state index in [0.717, 1.165) is 27.5 Å². The zero-order chi connectivity index (χ0) is 29.1. The second kappa shape index (κ2) is 14.1. The number of carbonyl (C=O) groups is 2. The third-order valence-electron chi connectivity index (χ3n) is 5.94. The lowest BCUT2D eigenvalue weighted by Gasteiger charge is -2.23. The van der Waals surface area contributed by atoms with Gasteiger partial charge >= 0.3 is 6.09 Å². The molecule has 0 unspecified atom stereocenters. The summed E-state index contributed by atoms with van der Waals surface area (Å²) in [6.07, 6.45) is 0.825. The van der Waals surface area contributed by atoms with Crippen molar-refractivity contribution in [3.8, 4) is 5.75 Å². The fourth-order valence-electron chi connectivity index (χ4n) is 4.01. The van der Waals surface area contributed by atoms with Gasteiger partial charge in [0.05, 0.1) is 19.4 Å². The Morgan fingerprint density at radius 2 is 1.46 bits per heavy atom. The Balaban J connectivity index is 1.48. The third-order valence-corrected chi connectivity index (χ3v) is 5.94. The van der Waals surface area contributed by atoms with E-state index in [4.69, 9.17) is 14.2 Å². The molecule has 4 aromatic rings. The Hall–Kier alpha value is -4.69. The summed E-state index contributed by atoms with van der Waals surface area (Å²) in [5, 5.41) is 8.74. The summed E-state index contributed by atoms with van der Waals surface area (Å²) in [6.45, 7) is 5.84. The van der Waals surface area contributed by atoms with Crippen molar-refractivity contribution >= 4 is 29.0 Å². The lowest BCUT2D eigenvalue weighted by atomic mass is 10.0. The molecule has 212 valence electrons. The number of nitrogens with zero attached hydrogens (tertiary/aromatic N) is 1. The van der Waals surface area contributed by atoms with Crippen LogP contribution in [0.1, 0.15) is 37.5 Å². The quantitative estimate of drug-likeness (QED) is 0.176. The average Bonchev–Trinajstić information content (AvgIpc) is 2.96. The van der Waals surface area contributed by atoms with Crippen LogP contribution < -0.4 is 15.5 Å². The molecule has 0 aliphatic heterocycles. The predicted molar refractivity (Wildman–Crippen MR) is 160 cm³/mol. The molecular weight excluding hydrogens is 518 g/mol. The third kappa shape index (κ3) is 9.19. The summed E-state index contributed by atoms with van der Waals surface area (Å²) in [5.41, 5.74) is 4.51. The zero-order valence-corrected chi connectivity index (χ0v) is 23.5. The van der Waals surface area contributed by atoms with E-state index in [1.54, 1.807) is 27.0 Å². The van der Waals surface area contributed by atoms with Crippen LogP contribution in [0, 0.1) is 0 Å². The molecule has 0 aromatic heterocycles. The minimum Gasteiger partial charge on any atom is -0.488 e. The highest BCUT2D eigenvalue weighted by Crippen LogP contribution is 2.27. The van der Waals surface area contributed by atoms with Crippen molar-refractivity contribution < 1.29 is 23.8 Å². The number of benzene rings is 4. The van der Waals surface area contributed by atoms with Crippen LogP contribution >= 0.6 is 0 Å². The number of carbonyl (C=O) groups excluding carboxylic acids is 2. The molecule has 0 aliphatic carbocycles. The van der Waals surface area contributed by atoms with Crippen molar-refractivity contribution in [3.63, 3.8) is 0 Å². The number of amides is 2. The molecule has 4 aromatic carbocycles. The number of nitrogens with one attached hydrogen (secondary N) is 2. The minimum absolute atomic E-state index is 0.0742. The van der Waals surface area contributed by atoms with E-state index in [1.807, 2.05) is 97.1 Å². The van der Waals surface area contributed by atoms with Crippen molar-refractivity contribution in [2.24, 2.45) is 5.10 Å². The van der Waals surface area contributed by atoms with Crippen molar-refractivity contribution in [2.75, 3.05) is 6.61 Å². The normalized spacial score (nSPS) is 12.2. The zero-order valence-electron chi connectivity index (χ0n) is 23.5. The second-order valence-corrected chi connectivity index (χ2v) is 10.4. The van der Waals surface area contributed by atoms with Crippen LogP contribution in [0.25, 0.3) is 10.8 Å². The standard InChI is InChI=1S/C33H35N3O5/c1-33(2,3)41-32(38)35-29(23-39-21-24-12-6-4-7-13-24)31(37)36-34-20-28-27-17-11-10-16-26(27)18-19-30(28)40-22-25-14-8-5-9-15-25/h4-20,29H,21-23H2,1-3H3,(H,35,38)(H,36,37)/b34-20-/t29-/m0/s1. The lowest BCUT2D eigenvalue weighted by Crippen LogP contribution is -2.49. The number of alkyl carbamates (subject to hydrolysis) is 1. The summed E-state index contributed by atoms with van der Waals surface area (Å²) in [5.74, 6) is 0.0762. The second-order valence-electron chi connectivity index (χ2n) is 10.4. The van der Waals surface area contributed by atoms with Crippen molar-refractivity contribution in [1.29, 1.82) is 0 Å². The van der Waals surface area contributed by atoms with E-state index in [-0.39, 0.29) is 13.2 Å². The first-order chi connectivity index (χ1) is 19.8. The fourth-order valence-corrected chi connectivity index (χ4v) is 4.01. The van der Waals surface area contributed by atoms with Gasteiger partial charge in [0.1, 0.15) is 24.0 Å². The van der Waals surface area contributed by atoms with Gasteiger partial charge in [-0.25, -0.2) is 10.2 Å². The number of hydrazone groups is 1. The molecule has 0 spiro atoms. The van der Waals surface area contributed by atoms with Gasteiger partial charge in [0, 0.05) is 5.56 Å². The average molecular weight is 554 g/mol. The summed E-state index contributed by atoms with van der Waals surface area (Å²) in [4.78, 5) is 25.6. The Kier molecular flexibility index (Phi) is 10.1. The molecule has 4 rings (SSSR count). The Morgan fingerprint density at radius 1 is 0.829 bits per heavy atom. The van der Waals surface area contributed by atoms with Gasteiger partial charge in [0.15, 0.2) is 0 Å². The molecular formula is C33H35N3O5. The molecule has 0 fully saturated rings. The van der Waals surface area contributed by atoms with Crippen molar-refractivity contribution in [1.82, 2.24) is 10.7 Å². The van der Waals surface area contributed by atoms with Crippen molar-refractivity contribution in [2.45, 2.75) is 45.6 Å². The Morgan fingerprint density at radius 3 is 2.15 bits per heavy atom. The maximum absolute atomic E-state index is 13.1. The number of hydrogen-bond acceptors (Lipinski definition) is 6. The maximum atomic E-state index is 13.1. The summed E-state index contributed by atoms with van der Waals surface area (Å²) in [6, 6.07) is 30.1. The number of rotatable bonds is 11. The first-order valence-electron chi connectivity index (χ1n) is 13.4. The summed E-state index contributed by atoms with van der Waals surface area (Å²) in [7, 11) is 0. The highest BCUT2D eigenvalue weighted by atomic mass is 16.6. The molecule has 0 radical (unpaired) electrons. The molecule has 0 heterocycles. The number of hydrogen-bond donors (Lipinski definition) is 2. The largest absolute Gasteiger partial charge is 0.488 e. The van der Waals surface area contributed by atoms with Crippen LogP contribution in [0.5, 0.6) is 5.75 Å². The minimum atomic E-state index is -1.04. The molecule has 8 nitrogen and oxygen atoms in total. The van der Waals surface area contributed by atoms with E-state index >= 15 is 0 Å². The fraction of sp³-hybridized carbons (Fsp3) is 0.242. The highest BCUT2D eigenvalue weighted by molar-refractivity contribution is 6.02. The Bertz CT molecular complexity index is 1470. The SMILES string of the molecule is CC(C)(C)OC(=O)N[C@@H](COCc1ccccc1)C(=O)N/N=C\c1c(OCc2ccccc2)ccc2ccccc12. The van der Waals surface area contributed by atoms with Crippen LogP contribution in [0.15, 0.2) is 102 Å². The van der Waals surface area contributed by atoms with Gasteiger partial charge in [-0.1, -0.05) is 91.0 Å². The van der Waals surface area contributed by atoms with Gasteiger partial charge in [-0.15, -0.1) is 0 Å². The van der Waals surface area contributed by atoms with E-state index in [0.29, 0.717) is 12.4 Å². The molecule has 41 heavy (non-hydrogen) atoms. The topological polar surface area (TPSA) is 98.2 Å². The van der Waals surface area contributed by atoms with Gasteiger partial charge in [-0.05, 0) is 48.7 Å². The molecule has 2 N–H and O–H groups in total. The summed E-state index contributed by atoms with van der Waals surface area (Å²) < 4.78 is 17.2. The first-order valence-corrected chi connectivity index (χ1v) is 13.4. The molecule has 8 heteroatoms. The van der Waals surface area contributed by atoms with E-state index < -0.39 is 23.6 Å². The van der Waals surface area contributed by atoms with Crippen LogP contribution in [0.3, 0.4) is 0 Å². The van der Waals surface area contributed by atoms with Gasteiger partial charge in [-0.2, -0.15) is 5.10 Å². The summed E-state index contributed by atoms with van der Waals surface area (Å²) >= 11 is 0. The van der Waals surface area contributed by atoms with Crippen LogP contribution in [0.2, 0.25) is 0 Å². The van der Waals surface area contributed by atoms with Gasteiger partial charge < -0.3 is 19.5 Å². The van der Waals surface area contributed by atoms with Crippen LogP contribution in [-0.4, -0.2) is 36.5 Å². The monoisotopic (exact) mass is 553 g/mol. The van der Waals surface area contributed by atoms with Crippen molar-refractivity contribution in [3.05, 3.63) is 114 Å². The smallest absolute Gasteiger partial charge is 0.408 e. The molecule has 0 saturated heterocycles. The van der Waals surface area contributed by atoms with Gasteiger partial charge in [-0.3, -0.25) is 4.79 Å².